The Kier molecular flexibility index (Phi) is 3.05. The van der Waals surface area contributed by atoms with E-state index in [9.17, 15) is 4.79 Å². The highest BCUT2D eigenvalue weighted by molar-refractivity contribution is 5.81. The van der Waals surface area contributed by atoms with E-state index in [0.717, 1.165) is 0 Å². The first-order valence-corrected chi connectivity index (χ1v) is 4.02. The van der Waals surface area contributed by atoms with Gasteiger partial charge in [-0.3, -0.25) is 4.79 Å². The zero-order valence-electron chi connectivity index (χ0n) is 7.45. The van der Waals surface area contributed by atoms with Crippen LogP contribution >= 0.6 is 0 Å². The van der Waals surface area contributed by atoms with Crippen molar-refractivity contribution in [1.29, 1.82) is 0 Å². The number of aromatic nitrogens is 1. The van der Waals surface area contributed by atoms with E-state index in [4.69, 9.17) is 0 Å². The number of carbonyl (C=O) groups is 1. The molecule has 0 saturated carbocycles. The van der Waals surface area contributed by atoms with Crippen LogP contribution in [-0.2, 0) is 11.3 Å². The Morgan fingerprint density at radius 1 is 1.50 bits per heavy atom. The second kappa shape index (κ2) is 4.07. The quantitative estimate of drug-likeness (QED) is 0.713. The molecule has 66 valence electrons. The third-order valence-electron chi connectivity index (χ3n) is 1.90. The van der Waals surface area contributed by atoms with Crippen molar-refractivity contribution >= 4 is 5.78 Å². The van der Waals surface area contributed by atoms with Crippen LogP contribution in [0.25, 0.3) is 0 Å². The summed E-state index contributed by atoms with van der Waals surface area (Å²) in [7, 11) is 1.80. The van der Waals surface area contributed by atoms with Gasteiger partial charge in [0.2, 0.25) is 0 Å². The standard InChI is InChI=1S/C9H14N2O/c1-8(12)9(10-2)7-11-5-3-4-6-11/h3-6,9-10H,7H2,1-2H3. The average molecular weight is 166 g/mol. The number of Topliss-reactive ketones (excluding diaryl/α,β-unsaturated/α-hetero) is 1. The zero-order chi connectivity index (χ0) is 8.97. The number of nitrogens with one attached hydrogen (secondary N) is 1. The first-order chi connectivity index (χ1) is 5.74. The Bertz CT molecular complexity index is 241. The lowest BCUT2D eigenvalue weighted by Gasteiger charge is -2.12. The second-order valence-corrected chi connectivity index (χ2v) is 2.83. The molecule has 3 nitrogen and oxygen atoms in total. The molecule has 1 rings (SSSR count). The first kappa shape index (κ1) is 9.00. The number of ketones is 1. The second-order valence-electron chi connectivity index (χ2n) is 2.83. The molecule has 0 radical (unpaired) electrons. The van der Waals surface area contributed by atoms with E-state index in [1.165, 1.54) is 0 Å². The molecule has 1 unspecified atom stereocenters. The summed E-state index contributed by atoms with van der Waals surface area (Å²) >= 11 is 0. The fraction of sp³-hybridized carbons (Fsp3) is 0.444. The number of nitrogens with zero attached hydrogens (tertiary/aromatic N) is 1. The number of rotatable bonds is 4. The van der Waals surface area contributed by atoms with Crippen LogP contribution < -0.4 is 5.32 Å². The molecule has 0 bridgehead atoms. The summed E-state index contributed by atoms with van der Waals surface area (Å²) in [5.41, 5.74) is 0. The van der Waals surface area contributed by atoms with Gasteiger partial charge in [-0.25, -0.2) is 0 Å². The van der Waals surface area contributed by atoms with Gasteiger partial charge in [-0.15, -0.1) is 0 Å². The van der Waals surface area contributed by atoms with Crippen molar-refractivity contribution in [2.75, 3.05) is 7.05 Å². The van der Waals surface area contributed by atoms with Gasteiger partial charge in [0.15, 0.2) is 0 Å². The van der Waals surface area contributed by atoms with Crippen molar-refractivity contribution in [3.05, 3.63) is 24.5 Å². The lowest BCUT2D eigenvalue weighted by atomic mass is 10.2. The third kappa shape index (κ3) is 2.20. The molecule has 0 aliphatic carbocycles. The summed E-state index contributed by atoms with van der Waals surface area (Å²) in [6, 6.07) is 3.83. The summed E-state index contributed by atoms with van der Waals surface area (Å²) in [4.78, 5) is 11.0. The van der Waals surface area contributed by atoms with Crippen LogP contribution in [-0.4, -0.2) is 23.4 Å². The normalized spacial score (nSPS) is 12.8. The Balaban J connectivity index is 2.54. The lowest BCUT2D eigenvalue weighted by Crippen LogP contribution is -2.36. The van der Waals surface area contributed by atoms with Crippen LogP contribution in [0, 0.1) is 0 Å². The smallest absolute Gasteiger partial charge is 0.148 e. The van der Waals surface area contributed by atoms with Crippen LogP contribution in [0.4, 0.5) is 0 Å². The Hall–Kier alpha value is -1.09. The largest absolute Gasteiger partial charge is 0.352 e. The molecule has 0 aliphatic rings. The minimum absolute atomic E-state index is 0.0719. The summed E-state index contributed by atoms with van der Waals surface area (Å²) in [6.45, 7) is 2.31. The number of carbonyl (C=O) groups excluding carboxylic acids is 1. The Morgan fingerprint density at radius 3 is 2.50 bits per heavy atom. The number of likely N-dealkylation sites (N-methyl/N-ethyl adjacent to an activating group) is 1. The zero-order valence-corrected chi connectivity index (χ0v) is 7.45. The number of hydrogen-bond acceptors (Lipinski definition) is 2. The van der Waals surface area contributed by atoms with E-state index in [1.54, 1.807) is 14.0 Å². The molecule has 3 heteroatoms. The molecule has 0 spiro atoms. The van der Waals surface area contributed by atoms with Gasteiger partial charge in [-0.2, -0.15) is 0 Å². The van der Waals surface area contributed by atoms with E-state index in [1.807, 2.05) is 29.1 Å². The molecule has 1 N–H and O–H groups in total. The van der Waals surface area contributed by atoms with Crippen LogP contribution in [0.1, 0.15) is 6.92 Å². The topological polar surface area (TPSA) is 34.0 Å². The molecular weight excluding hydrogens is 152 g/mol. The Morgan fingerprint density at radius 2 is 2.08 bits per heavy atom. The highest BCUT2D eigenvalue weighted by Crippen LogP contribution is 1.94. The predicted octanol–water partition coefficient (Wildman–Crippen LogP) is 0.665. The fourth-order valence-electron chi connectivity index (χ4n) is 1.13. The SMILES string of the molecule is CNC(Cn1cccc1)C(C)=O. The molecule has 0 aromatic carbocycles. The average Bonchev–Trinajstić information content (AvgIpc) is 2.51. The molecule has 0 saturated heterocycles. The van der Waals surface area contributed by atoms with Gasteiger partial charge in [0.1, 0.15) is 5.78 Å². The minimum Gasteiger partial charge on any atom is -0.352 e. The van der Waals surface area contributed by atoms with Gasteiger partial charge in [0.05, 0.1) is 6.04 Å². The van der Waals surface area contributed by atoms with Crippen LogP contribution in [0.5, 0.6) is 0 Å². The molecular formula is C9H14N2O. The van der Waals surface area contributed by atoms with E-state index < -0.39 is 0 Å². The van der Waals surface area contributed by atoms with E-state index in [-0.39, 0.29) is 11.8 Å². The van der Waals surface area contributed by atoms with Gasteiger partial charge in [-0.05, 0) is 26.1 Å². The summed E-state index contributed by atoms with van der Waals surface area (Å²) in [6.07, 6.45) is 3.90. The van der Waals surface area contributed by atoms with Crippen LogP contribution in [0.3, 0.4) is 0 Å². The van der Waals surface area contributed by atoms with Gasteiger partial charge in [-0.1, -0.05) is 0 Å². The maximum Gasteiger partial charge on any atom is 0.148 e. The molecule has 0 amide bonds. The molecule has 1 heterocycles. The van der Waals surface area contributed by atoms with E-state index in [2.05, 4.69) is 5.32 Å². The number of hydrogen-bond donors (Lipinski definition) is 1. The molecule has 0 fully saturated rings. The van der Waals surface area contributed by atoms with Gasteiger partial charge >= 0.3 is 0 Å². The highest BCUT2D eigenvalue weighted by atomic mass is 16.1. The Labute approximate surface area is 72.4 Å². The highest BCUT2D eigenvalue weighted by Gasteiger charge is 2.10. The summed E-state index contributed by atoms with van der Waals surface area (Å²) in [5.74, 6) is 0.172. The van der Waals surface area contributed by atoms with Crippen molar-refractivity contribution in [2.45, 2.75) is 19.5 Å². The first-order valence-electron chi connectivity index (χ1n) is 4.02. The van der Waals surface area contributed by atoms with E-state index >= 15 is 0 Å². The monoisotopic (exact) mass is 166 g/mol. The van der Waals surface area contributed by atoms with Gasteiger partial charge in [0.25, 0.3) is 0 Å². The maximum absolute atomic E-state index is 11.0. The van der Waals surface area contributed by atoms with Gasteiger partial charge < -0.3 is 9.88 Å². The summed E-state index contributed by atoms with van der Waals surface area (Å²) < 4.78 is 1.99. The van der Waals surface area contributed by atoms with Crippen LogP contribution in [0.15, 0.2) is 24.5 Å². The molecule has 12 heavy (non-hydrogen) atoms. The van der Waals surface area contributed by atoms with Crippen molar-refractivity contribution in [3.8, 4) is 0 Å². The molecule has 0 aliphatic heterocycles. The maximum atomic E-state index is 11.0. The lowest BCUT2D eigenvalue weighted by molar-refractivity contribution is -0.119. The van der Waals surface area contributed by atoms with Crippen molar-refractivity contribution in [1.82, 2.24) is 9.88 Å². The van der Waals surface area contributed by atoms with Crippen LogP contribution in [0.2, 0.25) is 0 Å². The predicted molar refractivity (Wildman–Crippen MR) is 48.0 cm³/mol. The van der Waals surface area contributed by atoms with Gasteiger partial charge in [0, 0.05) is 18.9 Å². The van der Waals surface area contributed by atoms with Crippen molar-refractivity contribution in [2.24, 2.45) is 0 Å². The fourth-order valence-corrected chi connectivity index (χ4v) is 1.13. The van der Waals surface area contributed by atoms with Crippen molar-refractivity contribution in [3.63, 3.8) is 0 Å². The van der Waals surface area contributed by atoms with Crippen molar-refractivity contribution < 1.29 is 4.79 Å². The molecule has 1 atom stereocenters. The molecule has 1 aromatic rings. The van der Waals surface area contributed by atoms with E-state index in [0.29, 0.717) is 6.54 Å². The summed E-state index contributed by atoms with van der Waals surface area (Å²) in [5, 5.41) is 2.97. The molecule has 1 aromatic heterocycles. The third-order valence-corrected chi connectivity index (χ3v) is 1.90. The minimum atomic E-state index is -0.0719.